The van der Waals surface area contributed by atoms with Gasteiger partial charge in [-0.3, -0.25) is 0 Å². The largest absolute Gasteiger partial charge is 0.484 e. The monoisotopic (exact) mass is 329 g/mol. The number of rotatable bonds is 4. The van der Waals surface area contributed by atoms with E-state index >= 15 is 0 Å². The summed E-state index contributed by atoms with van der Waals surface area (Å²) in [5.74, 6) is 1.68. The Morgan fingerprint density at radius 1 is 1.33 bits per heavy atom. The second-order valence-corrected chi connectivity index (χ2v) is 5.56. The van der Waals surface area contributed by atoms with Crippen LogP contribution in [0.1, 0.15) is 37.4 Å². The Labute approximate surface area is 134 Å². The molecule has 1 aromatic heterocycles. The fraction of sp³-hybridized carbons (Fsp3) is 0.429. The quantitative estimate of drug-likeness (QED) is 0.929. The Bertz CT molecular complexity index is 597. The van der Waals surface area contributed by atoms with Crippen LogP contribution < -0.4 is 10.5 Å². The summed E-state index contributed by atoms with van der Waals surface area (Å²) in [5, 5.41) is 4.61. The van der Waals surface area contributed by atoms with E-state index < -0.39 is 5.54 Å². The van der Waals surface area contributed by atoms with Gasteiger partial charge in [0.25, 0.3) is 5.89 Å². The van der Waals surface area contributed by atoms with Crippen LogP contribution in [-0.2, 0) is 12.1 Å². The van der Waals surface area contributed by atoms with Crippen molar-refractivity contribution in [2.75, 3.05) is 0 Å². The minimum absolute atomic E-state index is 0. The van der Waals surface area contributed by atoms with Gasteiger partial charge < -0.3 is 15.0 Å². The predicted octanol–water partition coefficient (Wildman–Crippen LogP) is 3.45. The third kappa shape index (κ3) is 3.67. The van der Waals surface area contributed by atoms with Crippen molar-refractivity contribution in [3.63, 3.8) is 0 Å². The molecule has 7 heteroatoms. The highest BCUT2D eigenvalue weighted by Crippen LogP contribution is 2.34. The summed E-state index contributed by atoms with van der Waals surface area (Å²) in [5.41, 5.74) is 5.84. The molecule has 0 amide bonds. The van der Waals surface area contributed by atoms with Gasteiger partial charge in [-0.25, -0.2) is 0 Å². The molecule has 0 spiro atoms. The fourth-order valence-electron chi connectivity index (χ4n) is 2.45. The first-order chi connectivity index (χ1) is 9.66. The van der Waals surface area contributed by atoms with Crippen LogP contribution in [0, 0.1) is 0 Å². The molecule has 2 N–H and O–H groups in total. The van der Waals surface area contributed by atoms with Gasteiger partial charge in [0.2, 0.25) is 0 Å². The van der Waals surface area contributed by atoms with Crippen LogP contribution >= 0.6 is 24.0 Å². The maximum Gasteiger partial charge on any atom is 0.264 e. The molecule has 0 unspecified atom stereocenters. The lowest BCUT2D eigenvalue weighted by atomic mass is 9.99. The fourth-order valence-corrected chi connectivity index (χ4v) is 2.63. The van der Waals surface area contributed by atoms with Crippen LogP contribution in [0.15, 0.2) is 28.8 Å². The summed E-state index contributed by atoms with van der Waals surface area (Å²) < 4.78 is 10.8. The van der Waals surface area contributed by atoms with E-state index in [1.807, 2.05) is 12.1 Å². The van der Waals surface area contributed by atoms with E-state index in [2.05, 4.69) is 10.1 Å². The third-order valence-electron chi connectivity index (χ3n) is 3.57. The second-order valence-electron chi connectivity index (χ2n) is 5.12. The molecule has 5 nitrogen and oxygen atoms in total. The Hall–Kier alpha value is -1.30. The zero-order chi connectivity index (χ0) is 14.0. The number of benzene rings is 1. The van der Waals surface area contributed by atoms with Gasteiger partial charge in [-0.2, -0.15) is 4.98 Å². The average molecular weight is 330 g/mol. The lowest BCUT2D eigenvalue weighted by Crippen LogP contribution is -2.34. The Kier molecular flexibility index (Phi) is 5.08. The van der Waals surface area contributed by atoms with Gasteiger partial charge in [-0.15, -0.1) is 12.4 Å². The summed E-state index contributed by atoms with van der Waals surface area (Å²) >= 11 is 5.89. The van der Waals surface area contributed by atoms with Gasteiger partial charge in [0.15, 0.2) is 12.4 Å². The van der Waals surface area contributed by atoms with Crippen LogP contribution in [0.5, 0.6) is 5.75 Å². The first-order valence-electron chi connectivity index (χ1n) is 6.66. The van der Waals surface area contributed by atoms with Crippen LogP contribution in [0.2, 0.25) is 5.02 Å². The highest BCUT2D eigenvalue weighted by Gasteiger charge is 2.35. The van der Waals surface area contributed by atoms with E-state index in [4.69, 9.17) is 26.6 Å². The van der Waals surface area contributed by atoms with Gasteiger partial charge in [-0.1, -0.05) is 35.7 Å². The molecule has 2 aromatic rings. The standard InChI is InChI=1S/C14H16ClN3O2.ClH/c15-10-4-3-5-11(8-10)19-9-12-17-13(18-20-12)14(16)6-1-2-7-14;/h3-5,8H,1-2,6-7,9,16H2;1H. The van der Waals surface area contributed by atoms with Crippen molar-refractivity contribution in [3.05, 3.63) is 41.0 Å². The molecule has 114 valence electrons. The molecule has 0 bridgehead atoms. The van der Waals surface area contributed by atoms with Crippen molar-refractivity contribution in [3.8, 4) is 5.75 Å². The van der Waals surface area contributed by atoms with Crippen molar-refractivity contribution < 1.29 is 9.26 Å². The van der Waals surface area contributed by atoms with Crippen LogP contribution in [0.25, 0.3) is 0 Å². The van der Waals surface area contributed by atoms with Crippen molar-refractivity contribution in [1.29, 1.82) is 0 Å². The molecular formula is C14H17Cl2N3O2. The van der Waals surface area contributed by atoms with Gasteiger partial charge >= 0.3 is 0 Å². The molecule has 21 heavy (non-hydrogen) atoms. The topological polar surface area (TPSA) is 74.2 Å². The van der Waals surface area contributed by atoms with E-state index in [-0.39, 0.29) is 19.0 Å². The Balaban J connectivity index is 0.00000161. The van der Waals surface area contributed by atoms with Crippen LogP contribution in [-0.4, -0.2) is 10.1 Å². The summed E-state index contributed by atoms with van der Waals surface area (Å²) in [6.45, 7) is 0.212. The molecule has 1 aliphatic carbocycles. The Morgan fingerprint density at radius 3 is 2.81 bits per heavy atom. The molecule has 1 heterocycles. The number of hydrogen-bond donors (Lipinski definition) is 1. The van der Waals surface area contributed by atoms with Gasteiger partial charge in [0.05, 0.1) is 5.54 Å². The molecule has 0 aliphatic heterocycles. The van der Waals surface area contributed by atoms with Crippen molar-refractivity contribution >= 4 is 24.0 Å². The predicted molar refractivity (Wildman–Crippen MR) is 81.7 cm³/mol. The van der Waals surface area contributed by atoms with E-state index in [1.54, 1.807) is 12.1 Å². The minimum Gasteiger partial charge on any atom is -0.484 e. The number of ether oxygens (including phenoxy) is 1. The number of nitrogens with zero attached hydrogens (tertiary/aromatic N) is 2. The van der Waals surface area contributed by atoms with Crippen molar-refractivity contribution in [2.24, 2.45) is 5.73 Å². The Morgan fingerprint density at radius 2 is 2.10 bits per heavy atom. The number of halogens is 2. The maximum absolute atomic E-state index is 6.28. The van der Waals surface area contributed by atoms with Crippen molar-refractivity contribution in [1.82, 2.24) is 10.1 Å². The molecule has 1 saturated carbocycles. The number of aromatic nitrogens is 2. The zero-order valence-electron chi connectivity index (χ0n) is 11.4. The lowest BCUT2D eigenvalue weighted by Gasteiger charge is -2.17. The smallest absolute Gasteiger partial charge is 0.264 e. The summed E-state index contributed by atoms with van der Waals surface area (Å²) in [6.07, 6.45) is 4.03. The molecule has 1 fully saturated rings. The molecule has 3 rings (SSSR count). The second kappa shape index (κ2) is 6.64. The molecule has 0 atom stereocenters. The summed E-state index contributed by atoms with van der Waals surface area (Å²) in [4.78, 5) is 4.34. The maximum atomic E-state index is 6.28. The van der Waals surface area contributed by atoms with Crippen molar-refractivity contribution in [2.45, 2.75) is 37.8 Å². The number of nitrogens with two attached hydrogens (primary N) is 1. The van der Waals surface area contributed by atoms with E-state index in [9.17, 15) is 0 Å². The highest BCUT2D eigenvalue weighted by atomic mass is 35.5. The molecular weight excluding hydrogens is 313 g/mol. The van der Waals surface area contributed by atoms with E-state index in [0.717, 1.165) is 25.7 Å². The average Bonchev–Trinajstić information content (AvgIpc) is 3.06. The normalized spacial score (nSPS) is 16.5. The summed E-state index contributed by atoms with van der Waals surface area (Å²) in [7, 11) is 0. The van der Waals surface area contributed by atoms with Gasteiger partial charge in [0, 0.05) is 5.02 Å². The highest BCUT2D eigenvalue weighted by molar-refractivity contribution is 6.30. The van der Waals surface area contributed by atoms with Gasteiger partial charge in [0.1, 0.15) is 5.75 Å². The minimum atomic E-state index is -0.433. The molecule has 1 aliphatic rings. The first kappa shape index (κ1) is 16.1. The third-order valence-corrected chi connectivity index (χ3v) is 3.80. The van der Waals surface area contributed by atoms with Crippen LogP contribution in [0.3, 0.4) is 0 Å². The van der Waals surface area contributed by atoms with Crippen LogP contribution in [0.4, 0.5) is 0 Å². The first-order valence-corrected chi connectivity index (χ1v) is 7.04. The lowest BCUT2D eigenvalue weighted by molar-refractivity contribution is 0.241. The number of hydrogen-bond acceptors (Lipinski definition) is 5. The van der Waals surface area contributed by atoms with E-state index in [1.165, 1.54) is 0 Å². The molecule has 1 aromatic carbocycles. The van der Waals surface area contributed by atoms with Gasteiger partial charge in [-0.05, 0) is 31.0 Å². The zero-order valence-corrected chi connectivity index (χ0v) is 13.0. The molecule has 0 saturated heterocycles. The summed E-state index contributed by atoms with van der Waals surface area (Å²) in [6, 6.07) is 7.17. The van der Waals surface area contributed by atoms with E-state index in [0.29, 0.717) is 22.5 Å². The SMILES string of the molecule is Cl.NC1(c2noc(COc3cccc(Cl)c3)n2)CCCC1. The molecule has 0 radical (unpaired) electrons.